The second-order valence-electron chi connectivity index (χ2n) is 10.9. The van der Waals surface area contributed by atoms with Crippen molar-refractivity contribution < 1.29 is 24.2 Å². The van der Waals surface area contributed by atoms with E-state index in [9.17, 15) is 14.7 Å². The Balaban J connectivity index is 1.57. The van der Waals surface area contributed by atoms with Crippen LogP contribution in [-0.4, -0.2) is 47.9 Å². The molecule has 7 nitrogen and oxygen atoms in total. The maximum atomic E-state index is 13.2. The number of nitrogens with one attached hydrogen (secondary N) is 1. The first-order chi connectivity index (χ1) is 18.5. The third-order valence-corrected chi connectivity index (χ3v) is 6.71. The fraction of sp³-hybridized carbons (Fsp3) is 0.375. The molecule has 0 spiro atoms. The van der Waals surface area contributed by atoms with E-state index >= 15 is 0 Å². The predicted octanol–water partition coefficient (Wildman–Crippen LogP) is 6.52. The molecule has 2 amide bonds. The number of anilines is 1. The summed E-state index contributed by atoms with van der Waals surface area (Å²) in [4.78, 5) is 26.5. The highest BCUT2D eigenvalue weighted by atomic mass is 16.5. The van der Waals surface area contributed by atoms with Crippen molar-refractivity contribution in [2.24, 2.45) is 0 Å². The van der Waals surface area contributed by atoms with Crippen LogP contribution in [0.4, 0.5) is 10.5 Å². The van der Waals surface area contributed by atoms with Crippen LogP contribution >= 0.6 is 0 Å². The van der Waals surface area contributed by atoms with Gasteiger partial charge in [0.1, 0.15) is 5.75 Å². The van der Waals surface area contributed by atoms with Crippen LogP contribution in [0.2, 0.25) is 0 Å². The number of urea groups is 1. The summed E-state index contributed by atoms with van der Waals surface area (Å²) in [5.41, 5.74) is 2.63. The summed E-state index contributed by atoms with van der Waals surface area (Å²) in [6.45, 7) is 9.48. The molecule has 0 aliphatic rings. The summed E-state index contributed by atoms with van der Waals surface area (Å²) in [7, 11) is 1.40. The number of nitrogens with zero attached hydrogens (tertiary/aromatic N) is 1. The number of carboxylic acid groups (broad SMARTS) is 1. The highest BCUT2D eigenvalue weighted by Crippen LogP contribution is 2.24. The predicted molar refractivity (Wildman–Crippen MR) is 154 cm³/mol. The average molecular weight is 533 g/mol. The number of hydrogen-bond donors (Lipinski definition) is 2. The zero-order valence-electron chi connectivity index (χ0n) is 23.6. The van der Waals surface area contributed by atoms with Gasteiger partial charge in [-0.3, -0.25) is 0 Å². The van der Waals surface area contributed by atoms with Crippen molar-refractivity contribution in [1.82, 2.24) is 4.90 Å². The average Bonchev–Trinajstić information content (AvgIpc) is 2.91. The van der Waals surface area contributed by atoms with E-state index in [0.29, 0.717) is 31.9 Å². The van der Waals surface area contributed by atoms with Crippen molar-refractivity contribution in [2.45, 2.75) is 58.1 Å². The lowest BCUT2D eigenvalue weighted by Gasteiger charge is -2.24. The number of methoxy groups -OCH3 is 1. The van der Waals surface area contributed by atoms with Crippen LogP contribution < -0.4 is 10.1 Å². The topological polar surface area (TPSA) is 88.1 Å². The Labute approximate surface area is 231 Å². The van der Waals surface area contributed by atoms with E-state index in [1.54, 1.807) is 11.8 Å². The molecule has 3 aromatic rings. The molecule has 0 aliphatic carbocycles. The van der Waals surface area contributed by atoms with Gasteiger partial charge in [-0.2, -0.15) is 0 Å². The largest absolute Gasteiger partial charge is 0.494 e. The molecule has 7 heteroatoms. The summed E-state index contributed by atoms with van der Waals surface area (Å²) in [6, 6.07) is 25.1. The first kappa shape index (κ1) is 29.7. The van der Waals surface area contributed by atoms with Crippen LogP contribution in [0.1, 0.15) is 50.8 Å². The first-order valence-corrected chi connectivity index (χ1v) is 13.2. The van der Waals surface area contributed by atoms with E-state index in [2.05, 4.69) is 26.1 Å². The molecule has 2 N–H and O–H groups in total. The third kappa shape index (κ3) is 8.86. The summed E-state index contributed by atoms with van der Waals surface area (Å²) >= 11 is 0. The molecule has 208 valence electrons. The van der Waals surface area contributed by atoms with Gasteiger partial charge in [0, 0.05) is 32.3 Å². The standard InChI is InChI=1S/C32H40N2O5/c1-31(2,3)26-14-16-27(17-15-26)33-30(37)34(23-25-10-7-6-8-11-25)20-9-21-39-28-18-12-24(13-19-28)22-32(4,38-5)29(35)36/h6-8,10-19H,9,20-23H2,1-5H3,(H,33,37)(H,35,36). The zero-order valence-corrected chi connectivity index (χ0v) is 23.6. The Morgan fingerprint density at radius 1 is 0.872 bits per heavy atom. The molecular formula is C32H40N2O5. The second-order valence-corrected chi connectivity index (χ2v) is 10.9. The van der Waals surface area contributed by atoms with Crippen LogP contribution in [0.3, 0.4) is 0 Å². The molecule has 1 unspecified atom stereocenters. The number of benzene rings is 3. The van der Waals surface area contributed by atoms with Gasteiger partial charge >= 0.3 is 12.0 Å². The summed E-state index contributed by atoms with van der Waals surface area (Å²) in [5.74, 6) is -0.317. The van der Waals surface area contributed by atoms with Gasteiger partial charge in [-0.15, -0.1) is 0 Å². The Morgan fingerprint density at radius 2 is 1.51 bits per heavy atom. The van der Waals surface area contributed by atoms with Gasteiger partial charge in [-0.25, -0.2) is 9.59 Å². The van der Waals surface area contributed by atoms with Crippen LogP contribution in [0, 0.1) is 0 Å². The third-order valence-electron chi connectivity index (χ3n) is 6.71. The molecule has 0 radical (unpaired) electrons. The number of amides is 2. The van der Waals surface area contributed by atoms with Gasteiger partial charge in [0.15, 0.2) is 5.60 Å². The molecule has 0 aliphatic heterocycles. The first-order valence-electron chi connectivity index (χ1n) is 13.2. The van der Waals surface area contributed by atoms with Crippen LogP contribution in [0.5, 0.6) is 5.75 Å². The van der Waals surface area contributed by atoms with Gasteiger partial charge < -0.3 is 24.8 Å². The Kier molecular flexibility index (Phi) is 10.1. The maximum Gasteiger partial charge on any atom is 0.336 e. The number of aliphatic carboxylic acids is 1. The SMILES string of the molecule is COC(C)(Cc1ccc(OCCCN(Cc2ccccc2)C(=O)Nc2ccc(C(C)(C)C)cc2)cc1)C(=O)O. The molecule has 0 bridgehead atoms. The van der Waals surface area contributed by atoms with Crippen molar-refractivity contribution in [1.29, 1.82) is 0 Å². The van der Waals surface area contributed by atoms with Gasteiger partial charge in [-0.05, 0) is 59.7 Å². The normalized spacial score (nSPS) is 12.8. The van der Waals surface area contributed by atoms with Crippen molar-refractivity contribution in [3.63, 3.8) is 0 Å². The number of carboxylic acids is 1. The second kappa shape index (κ2) is 13.3. The van der Waals surface area contributed by atoms with Crippen LogP contribution in [0.15, 0.2) is 78.9 Å². The molecular weight excluding hydrogens is 492 g/mol. The van der Waals surface area contributed by atoms with Crippen molar-refractivity contribution in [3.8, 4) is 5.75 Å². The molecule has 1 atom stereocenters. The Hall–Kier alpha value is -3.84. The number of rotatable bonds is 12. The van der Waals surface area contributed by atoms with E-state index in [0.717, 1.165) is 16.8 Å². The minimum absolute atomic E-state index is 0.0468. The smallest absolute Gasteiger partial charge is 0.336 e. The van der Waals surface area contributed by atoms with Crippen molar-refractivity contribution >= 4 is 17.7 Å². The highest BCUT2D eigenvalue weighted by Gasteiger charge is 2.33. The highest BCUT2D eigenvalue weighted by molar-refractivity contribution is 5.89. The molecule has 3 rings (SSSR count). The summed E-state index contributed by atoms with van der Waals surface area (Å²) < 4.78 is 11.1. The Bertz CT molecular complexity index is 1200. The molecule has 0 saturated heterocycles. The van der Waals surface area contributed by atoms with E-state index < -0.39 is 11.6 Å². The monoisotopic (exact) mass is 532 g/mol. The zero-order chi connectivity index (χ0) is 28.5. The molecule has 0 aromatic heterocycles. The lowest BCUT2D eigenvalue weighted by Crippen LogP contribution is -2.39. The van der Waals surface area contributed by atoms with Crippen molar-refractivity contribution in [3.05, 3.63) is 95.6 Å². The lowest BCUT2D eigenvalue weighted by atomic mass is 9.87. The number of carbonyl (C=O) groups is 2. The van der Waals surface area contributed by atoms with Gasteiger partial charge in [0.25, 0.3) is 0 Å². The molecule has 0 heterocycles. The fourth-order valence-electron chi connectivity index (χ4n) is 4.09. The number of ether oxygens (including phenoxy) is 2. The van der Waals surface area contributed by atoms with Gasteiger partial charge in [-0.1, -0.05) is 75.4 Å². The van der Waals surface area contributed by atoms with Crippen LogP contribution in [0.25, 0.3) is 0 Å². The Morgan fingerprint density at radius 3 is 2.08 bits per heavy atom. The molecule has 0 saturated carbocycles. The number of hydrogen-bond acceptors (Lipinski definition) is 4. The molecule has 39 heavy (non-hydrogen) atoms. The van der Waals surface area contributed by atoms with Gasteiger partial charge in [0.05, 0.1) is 6.61 Å². The lowest BCUT2D eigenvalue weighted by molar-refractivity contribution is -0.159. The molecule has 3 aromatic carbocycles. The van der Waals surface area contributed by atoms with Gasteiger partial charge in [0.2, 0.25) is 0 Å². The van der Waals surface area contributed by atoms with E-state index in [1.165, 1.54) is 12.7 Å². The minimum Gasteiger partial charge on any atom is -0.494 e. The fourth-order valence-corrected chi connectivity index (χ4v) is 4.09. The molecule has 0 fully saturated rings. The minimum atomic E-state index is -1.28. The van der Waals surface area contributed by atoms with Crippen LogP contribution in [-0.2, 0) is 27.9 Å². The number of carbonyl (C=O) groups excluding carboxylic acids is 1. The van der Waals surface area contributed by atoms with E-state index in [4.69, 9.17) is 9.47 Å². The van der Waals surface area contributed by atoms with E-state index in [-0.39, 0.29) is 17.9 Å². The quantitative estimate of drug-likeness (QED) is 0.259. The van der Waals surface area contributed by atoms with E-state index in [1.807, 2.05) is 78.9 Å². The summed E-state index contributed by atoms with van der Waals surface area (Å²) in [5, 5.41) is 12.4. The van der Waals surface area contributed by atoms with Crippen molar-refractivity contribution in [2.75, 3.05) is 25.6 Å². The summed E-state index contributed by atoms with van der Waals surface area (Å²) in [6.07, 6.45) is 0.896. The maximum absolute atomic E-state index is 13.2.